The molecule has 1 aliphatic carbocycles. The Morgan fingerprint density at radius 3 is 2.89 bits per heavy atom. The molecule has 0 aliphatic heterocycles. The summed E-state index contributed by atoms with van der Waals surface area (Å²) in [5.74, 6) is 1.73. The smallest absolute Gasteiger partial charge is 0.119 e. The molecule has 0 heterocycles. The average Bonchev–Trinajstić information content (AvgIpc) is 3.26. The molecule has 1 N–H and O–H groups in total. The van der Waals surface area contributed by atoms with Crippen molar-refractivity contribution in [3.05, 3.63) is 29.8 Å². The molecule has 0 spiro atoms. The molecule has 1 aromatic rings. The molecular formula is C17H27NO. The van der Waals surface area contributed by atoms with Gasteiger partial charge < -0.3 is 10.1 Å². The maximum Gasteiger partial charge on any atom is 0.119 e. The van der Waals surface area contributed by atoms with Gasteiger partial charge in [-0.2, -0.15) is 0 Å². The van der Waals surface area contributed by atoms with E-state index in [2.05, 4.69) is 30.4 Å². The molecule has 106 valence electrons. The summed E-state index contributed by atoms with van der Waals surface area (Å²) in [7, 11) is 1.74. The average molecular weight is 261 g/mol. The second-order valence-electron chi connectivity index (χ2n) is 5.75. The van der Waals surface area contributed by atoms with Gasteiger partial charge in [-0.3, -0.25) is 0 Å². The Kier molecular flexibility index (Phi) is 5.71. The Labute approximate surface area is 117 Å². The van der Waals surface area contributed by atoms with Crippen molar-refractivity contribution in [2.45, 2.75) is 51.5 Å². The molecule has 2 heteroatoms. The Balaban J connectivity index is 1.88. The number of nitrogens with one attached hydrogen (secondary N) is 1. The molecule has 1 saturated carbocycles. The molecule has 0 radical (unpaired) electrons. The van der Waals surface area contributed by atoms with E-state index in [0.29, 0.717) is 0 Å². The van der Waals surface area contributed by atoms with Crippen molar-refractivity contribution in [3.8, 4) is 5.75 Å². The largest absolute Gasteiger partial charge is 0.497 e. The second kappa shape index (κ2) is 7.54. The Morgan fingerprint density at radius 1 is 1.37 bits per heavy atom. The lowest BCUT2D eigenvalue weighted by molar-refractivity contribution is 0.410. The number of hydrogen-bond acceptors (Lipinski definition) is 2. The van der Waals surface area contributed by atoms with E-state index >= 15 is 0 Å². The first-order chi connectivity index (χ1) is 9.31. The quantitative estimate of drug-likeness (QED) is 0.730. The van der Waals surface area contributed by atoms with E-state index in [1.54, 1.807) is 7.11 Å². The van der Waals surface area contributed by atoms with Crippen LogP contribution in [0.2, 0.25) is 0 Å². The first kappa shape index (κ1) is 14.4. The minimum absolute atomic E-state index is 0.757. The summed E-state index contributed by atoms with van der Waals surface area (Å²) in [6.07, 6.45) is 7.86. The van der Waals surface area contributed by atoms with E-state index in [1.165, 1.54) is 44.2 Å². The Bertz CT molecular complexity index is 373. The molecule has 0 bridgehead atoms. The van der Waals surface area contributed by atoms with Gasteiger partial charge >= 0.3 is 0 Å². The predicted octanol–water partition coefficient (Wildman–Crippen LogP) is 3.80. The van der Waals surface area contributed by atoms with Crippen molar-refractivity contribution >= 4 is 0 Å². The van der Waals surface area contributed by atoms with Crippen molar-refractivity contribution in [1.82, 2.24) is 5.32 Å². The van der Waals surface area contributed by atoms with Crippen LogP contribution < -0.4 is 10.1 Å². The zero-order valence-electron chi connectivity index (χ0n) is 12.3. The number of rotatable bonds is 9. The summed E-state index contributed by atoms with van der Waals surface area (Å²) in [6, 6.07) is 9.33. The molecule has 2 rings (SSSR count). The summed E-state index contributed by atoms with van der Waals surface area (Å²) in [4.78, 5) is 0. The van der Waals surface area contributed by atoms with Crippen LogP contribution in [0.1, 0.15) is 44.6 Å². The molecule has 2 nitrogen and oxygen atoms in total. The van der Waals surface area contributed by atoms with E-state index in [1.807, 2.05) is 6.07 Å². The van der Waals surface area contributed by atoms with Crippen LogP contribution in [0.5, 0.6) is 5.75 Å². The first-order valence-electron chi connectivity index (χ1n) is 7.68. The third-order valence-electron chi connectivity index (χ3n) is 3.90. The van der Waals surface area contributed by atoms with Crippen molar-refractivity contribution < 1.29 is 4.74 Å². The van der Waals surface area contributed by atoms with Crippen LogP contribution in [0.3, 0.4) is 0 Å². The lowest BCUT2D eigenvalue weighted by Crippen LogP contribution is -2.26. The van der Waals surface area contributed by atoms with Crippen LogP contribution in [-0.2, 0) is 6.42 Å². The molecule has 1 aromatic carbocycles. The van der Waals surface area contributed by atoms with Crippen LogP contribution in [0.15, 0.2) is 24.3 Å². The Morgan fingerprint density at radius 2 is 2.21 bits per heavy atom. The minimum Gasteiger partial charge on any atom is -0.497 e. The van der Waals surface area contributed by atoms with Gasteiger partial charge in [0.05, 0.1) is 7.11 Å². The van der Waals surface area contributed by atoms with Crippen LogP contribution >= 0.6 is 0 Å². The van der Waals surface area contributed by atoms with Gasteiger partial charge in [-0.25, -0.2) is 0 Å². The maximum absolute atomic E-state index is 5.31. The number of unbranched alkanes of at least 4 members (excludes halogenated alkanes) is 1. The van der Waals surface area contributed by atoms with E-state index in [0.717, 1.165) is 24.1 Å². The summed E-state index contributed by atoms with van der Waals surface area (Å²) in [6.45, 7) is 3.44. The lowest BCUT2D eigenvalue weighted by atomic mass is 9.94. The fraction of sp³-hybridized carbons (Fsp3) is 0.647. The van der Waals surface area contributed by atoms with Gasteiger partial charge in [-0.1, -0.05) is 31.9 Å². The number of benzene rings is 1. The zero-order valence-corrected chi connectivity index (χ0v) is 12.3. The number of ether oxygens (including phenoxy) is 1. The fourth-order valence-electron chi connectivity index (χ4n) is 2.52. The summed E-state index contributed by atoms with van der Waals surface area (Å²) < 4.78 is 5.31. The van der Waals surface area contributed by atoms with Crippen molar-refractivity contribution in [3.63, 3.8) is 0 Å². The van der Waals surface area contributed by atoms with Crippen LogP contribution in [-0.4, -0.2) is 19.7 Å². The van der Waals surface area contributed by atoms with Crippen LogP contribution in [0.4, 0.5) is 0 Å². The number of hydrogen-bond donors (Lipinski definition) is 1. The predicted molar refractivity (Wildman–Crippen MR) is 80.7 cm³/mol. The van der Waals surface area contributed by atoms with Gasteiger partial charge in [0.2, 0.25) is 0 Å². The zero-order chi connectivity index (χ0) is 13.5. The maximum atomic E-state index is 5.31. The standard InChI is InChI=1S/C17H27NO/c1-3-4-6-15(13-18-16-9-10-16)11-14-7-5-8-17(12-14)19-2/h5,7-8,12,15-16,18H,3-4,6,9-11,13H2,1-2H3. The van der Waals surface area contributed by atoms with Crippen molar-refractivity contribution in [1.29, 1.82) is 0 Å². The molecule has 19 heavy (non-hydrogen) atoms. The lowest BCUT2D eigenvalue weighted by Gasteiger charge is -2.18. The topological polar surface area (TPSA) is 21.3 Å². The van der Waals surface area contributed by atoms with Crippen molar-refractivity contribution in [2.24, 2.45) is 5.92 Å². The van der Waals surface area contributed by atoms with Gasteiger partial charge in [0.25, 0.3) is 0 Å². The molecule has 1 aliphatic rings. The third-order valence-corrected chi connectivity index (χ3v) is 3.90. The highest BCUT2D eigenvalue weighted by molar-refractivity contribution is 5.28. The highest BCUT2D eigenvalue weighted by atomic mass is 16.5. The normalized spacial score (nSPS) is 16.3. The fourth-order valence-corrected chi connectivity index (χ4v) is 2.52. The van der Waals surface area contributed by atoms with E-state index in [-0.39, 0.29) is 0 Å². The molecule has 0 saturated heterocycles. The summed E-state index contributed by atoms with van der Waals surface area (Å²) in [5.41, 5.74) is 1.40. The van der Waals surface area contributed by atoms with Gasteiger partial charge in [0, 0.05) is 6.04 Å². The van der Waals surface area contributed by atoms with Gasteiger partial charge in [-0.15, -0.1) is 0 Å². The Hall–Kier alpha value is -1.02. The van der Waals surface area contributed by atoms with E-state index < -0.39 is 0 Å². The van der Waals surface area contributed by atoms with Crippen molar-refractivity contribution in [2.75, 3.05) is 13.7 Å². The van der Waals surface area contributed by atoms with Gasteiger partial charge in [0.15, 0.2) is 0 Å². The second-order valence-corrected chi connectivity index (χ2v) is 5.75. The van der Waals surface area contributed by atoms with Gasteiger partial charge in [-0.05, 0) is 55.8 Å². The van der Waals surface area contributed by atoms with Crippen LogP contribution in [0, 0.1) is 5.92 Å². The molecule has 1 unspecified atom stereocenters. The molecule has 0 aromatic heterocycles. The molecule has 1 fully saturated rings. The minimum atomic E-state index is 0.757. The molecular weight excluding hydrogens is 234 g/mol. The van der Waals surface area contributed by atoms with E-state index in [4.69, 9.17) is 4.74 Å². The summed E-state index contributed by atoms with van der Waals surface area (Å²) >= 11 is 0. The monoisotopic (exact) mass is 261 g/mol. The molecule has 1 atom stereocenters. The highest BCUT2D eigenvalue weighted by Gasteiger charge is 2.21. The van der Waals surface area contributed by atoms with Gasteiger partial charge in [0.1, 0.15) is 5.75 Å². The highest BCUT2D eigenvalue weighted by Crippen LogP contribution is 2.22. The van der Waals surface area contributed by atoms with Crippen LogP contribution in [0.25, 0.3) is 0 Å². The van der Waals surface area contributed by atoms with E-state index in [9.17, 15) is 0 Å². The SMILES string of the molecule is CCCCC(CNC1CC1)Cc1cccc(OC)c1. The first-order valence-corrected chi connectivity index (χ1v) is 7.68. The third kappa shape index (κ3) is 5.23. The molecule has 0 amide bonds. The summed E-state index contributed by atoms with van der Waals surface area (Å²) in [5, 5.41) is 3.68. The number of methoxy groups -OCH3 is 1.